The Balaban J connectivity index is 1.86. The van der Waals surface area contributed by atoms with Crippen molar-refractivity contribution in [3.8, 4) is 0 Å². The second kappa shape index (κ2) is 4.14. The maximum Gasteiger partial charge on any atom is 0.134 e. The van der Waals surface area contributed by atoms with Crippen LogP contribution in [0.5, 0.6) is 0 Å². The number of nitrogens with zero attached hydrogens (tertiary/aromatic N) is 3. The highest BCUT2D eigenvalue weighted by molar-refractivity contribution is 7.09. The summed E-state index contributed by atoms with van der Waals surface area (Å²) in [4.78, 5) is 9.69. The predicted octanol–water partition coefficient (Wildman–Crippen LogP) is 2.33. The first-order chi connectivity index (χ1) is 8.34. The molecule has 0 unspecified atom stereocenters. The lowest BCUT2D eigenvalue weighted by Crippen LogP contribution is -2.00. The fourth-order valence-corrected chi connectivity index (χ4v) is 2.38. The minimum absolute atomic E-state index is 0.766. The van der Waals surface area contributed by atoms with Crippen LogP contribution >= 0.6 is 11.3 Å². The summed E-state index contributed by atoms with van der Waals surface area (Å²) in [6.45, 7) is 2.78. The zero-order chi connectivity index (χ0) is 11.7. The Bertz CT molecular complexity index is 642. The normalized spacial score (nSPS) is 10.9. The lowest BCUT2D eigenvalue weighted by Gasteiger charge is -2.05. The van der Waals surface area contributed by atoms with Crippen molar-refractivity contribution in [3.05, 3.63) is 34.5 Å². The lowest BCUT2D eigenvalue weighted by atomic mass is 10.3. The summed E-state index contributed by atoms with van der Waals surface area (Å²) < 4.78 is 0. The van der Waals surface area contributed by atoms with Gasteiger partial charge in [0.05, 0.1) is 23.4 Å². The van der Waals surface area contributed by atoms with Crippen molar-refractivity contribution in [1.29, 1.82) is 0 Å². The second-order valence-corrected chi connectivity index (χ2v) is 4.63. The number of H-pyrrole nitrogens is 1. The van der Waals surface area contributed by atoms with Crippen molar-refractivity contribution in [3.63, 3.8) is 0 Å². The van der Waals surface area contributed by atoms with Crippen molar-refractivity contribution < 1.29 is 0 Å². The van der Waals surface area contributed by atoms with Gasteiger partial charge < -0.3 is 5.32 Å². The van der Waals surface area contributed by atoms with Gasteiger partial charge in [0.1, 0.15) is 11.0 Å². The molecule has 0 spiro atoms. The van der Waals surface area contributed by atoms with E-state index in [9.17, 15) is 0 Å². The summed E-state index contributed by atoms with van der Waals surface area (Å²) in [5.41, 5.74) is 5.67. The molecule has 0 bridgehead atoms. The highest BCUT2D eigenvalue weighted by Crippen LogP contribution is 2.20. The molecule has 2 N–H and O–H groups in total. The summed E-state index contributed by atoms with van der Waals surface area (Å²) in [6, 6.07) is 1.93. The van der Waals surface area contributed by atoms with Crippen molar-refractivity contribution in [1.82, 2.24) is 20.2 Å². The molecule has 3 rings (SSSR count). The van der Waals surface area contributed by atoms with E-state index >= 15 is 0 Å². The SMILES string of the molecule is Cc1ncsc1CNc1ccnc2c[nH]nc12. The molecule has 0 saturated carbocycles. The number of hydrogen-bond donors (Lipinski definition) is 2. The number of aryl methyl sites for hydroxylation is 1. The van der Waals surface area contributed by atoms with Crippen LogP contribution < -0.4 is 5.32 Å². The fraction of sp³-hybridized carbons (Fsp3) is 0.182. The summed E-state index contributed by atoms with van der Waals surface area (Å²) >= 11 is 1.66. The van der Waals surface area contributed by atoms with Crippen LogP contribution in [0.4, 0.5) is 5.69 Å². The van der Waals surface area contributed by atoms with Crippen molar-refractivity contribution in [2.75, 3.05) is 5.32 Å². The average Bonchev–Trinajstić information content (AvgIpc) is 2.95. The van der Waals surface area contributed by atoms with E-state index in [2.05, 4.69) is 25.5 Å². The molecular formula is C11H11N5S. The standard InChI is InChI=1S/C11H11N5S/c1-7-10(17-6-14-7)5-13-8-2-3-12-9-4-15-16-11(8)9/h2-4,6H,5H2,1H3,(H,12,13)(H,15,16). The molecule has 3 aromatic rings. The van der Waals surface area contributed by atoms with Gasteiger partial charge >= 0.3 is 0 Å². The van der Waals surface area contributed by atoms with Crippen LogP contribution in [0.2, 0.25) is 0 Å². The van der Waals surface area contributed by atoms with Gasteiger partial charge in [-0.2, -0.15) is 5.10 Å². The van der Waals surface area contributed by atoms with Crippen LogP contribution in [-0.4, -0.2) is 20.2 Å². The van der Waals surface area contributed by atoms with Gasteiger partial charge in [0.2, 0.25) is 0 Å². The molecule has 0 aliphatic rings. The Hall–Kier alpha value is -1.95. The largest absolute Gasteiger partial charge is 0.378 e. The van der Waals surface area contributed by atoms with Gasteiger partial charge in [-0.1, -0.05) is 0 Å². The van der Waals surface area contributed by atoms with Gasteiger partial charge in [-0.05, 0) is 13.0 Å². The van der Waals surface area contributed by atoms with Gasteiger partial charge in [-0.15, -0.1) is 11.3 Å². The minimum atomic E-state index is 0.766. The number of nitrogens with one attached hydrogen (secondary N) is 2. The number of thiazole rings is 1. The van der Waals surface area contributed by atoms with Gasteiger partial charge in [0, 0.05) is 17.3 Å². The van der Waals surface area contributed by atoms with Crippen LogP contribution in [0, 0.1) is 6.92 Å². The Morgan fingerprint density at radius 2 is 2.35 bits per heavy atom. The zero-order valence-corrected chi connectivity index (χ0v) is 10.1. The molecule has 0 radical (unpaired) electrons. The van der Waals surface area contributed by atoms with E-state index in [1.807, 2.05) is 18.5 Å². The first-order valence-corrected chi connectivity index (χ1v) is 6.14. The van der Waals surface area contributed by atoms with E-state index in [1.54, 1.807) is 23.7 Å². The summed E-state index contributed by atoms with van der Waals surface area (Å²) in [6.07, 6.45) is 3.57. The zero-order valence-electron chi connectivity index (χ0n) is 9.27. The molecule has 0 fully saturated rings. The Labute approximate surface area is 102 Å². The third kappa shape index (κ3) is 1.87. The fourth-order valence-electron chi connectivity index (χ4n) is 1.67. The van der Waals surface area contributed by atoms with E-state index in [-0.39, 0.29) is 0 Å². The number of rotatable bonds is 3. The molecule has 0 saturated heterocycles. The molecule has 6 heteroatoms. The summed E-state index contributed by atoms with van der Waals surface area (Å²) in [5.74, 6) is 0. The predicted molar refractivity (Wildman–Crippen MR) is 68.1 cm³/mol. The molecule has 0 atom stereocenters. The molecular weight excluding hydrogens is 234 g/mol. The third-order valence-corrected chi connectivity index (χ3v) is 3.55. The molecule has 0 aliphatic heterocycles. The summed E-state index contributed by atoms with van der Waals surface area (Å²) in [7, 11) is 0. The maximum atomic E-state index is 4.23. The average molecular weight is 245 g/mol. The van der Waals surface area contributed by atoms with Crippen molar-refractivity contribution in [2.24, 2.45) is 0 Å². The summed E-state index contributed by atoms with van der Waals surface area (Å²) in [5, 5.41) is 10.4. The van der Waals surface area contributed by atoms with E-state index in [0.717, 1.165) is 29.0 Å². The third-order valence-electron chi connectivity index (χ3n) is 2.61. The van der Waals surface area contributed by atoms with Crippen molar-refractivity contribution >= 4 is 28.1 Å². The van der Waals surface area contributed by atoms with E-state index in [0.29, 0.717) is 0 Å². The monoisotopic (exact) mass is 245 g/mol. The highest BCUT2D eigenvalue weighted by atomic mass is 32.1. The Kier molecular flexibility index (Phi) is 2.49. The van der Waals surface area contributed by atoms with Crippen molar-refractivity contribution in [2.45, 2.75) is 13.5 Å². The number of fused-ring (bicyclic) bond motifs is 1. The molecule has 17 heavy (non-hydrogen) atoms. The van der Waals surface area contributed by atoms with E-state index < -0.39 is 0 Å². The molecule has 0 amide bonds. The van der Waals surface area contributed by atoms with Gasteiger partial charge in [0.15, 0.2) is 0 Å². The van der Waals surface area contributed by atoms with Crippen LogP contribution in [0.1, 0.15) is 10.6 Å². The molecule has 0 aliphatic carbocycles. The molecule has 3 aromatic heterocycles. The number of anilines is 1. The quantitative estimate of drug-likeness (QED) is 0.743. The number of pyridine rings is 1. The van der Waals surface area contributed by atoms with Gasteiger partial charge in [-0.25, -0.2) is 4.98 Å². The van der Waals surface area contributed by atoms with Crippen LogP contribution in [-0.2, 0) is 6.54 Å². The minimum Gasteiger partial charge on any atom is -0.378 e. The first-order valence-electron chi connectivity index (χ1n) is 5.26. The second-order valence-electron chi connectivity index (χ2n) is 3.69. The molecule has 0 aromatic carbocycles. The van der Waals surface area contributed by atoms with Gasteiger partial charge in [0.25, 0.3) is 0 Å². The molecule has 3 heterocycles. The Morgan fingerprint density at radius 3 is 3.18 bits per heavy atom. The van der Waals surface area contributed by atoms with E-state index in [4.69, 9.17) is 0 Å². The van der Waals surface area contributed by atoms with Crippen LogP contribution in [0.3, 0.4) is 0 Å². The Morgan fingerprint density at radius 1 is 1.41 bits per heavy atom. The smallest absolute Gasteiger partial charge is 0.134 e. The first kappa shape index (κ1) is 10.2. The number of aromatic nitrogens is 4. The topological polar surface area (TPSA) is 66.5 Å². The van der Waals surface area contributed by atoms with Gasteiger partial charge in [-0.3, -0.25) is 10.1 Å². The molecule has 86 valence electrons. The number of aromatic amines is 1. The lowest BCUT2D eigenvalue weighted by molar-refractivity contribution is 1.10. The highest BCUT2D eigenvalue weighted by Gasteiger charge is 2.05. The maximum absolute atomic E-state index is 4.23. The van der Waals surface area contributed by atoms with Crippen LogP contribution in [0.25, 0.3) is 11.0 Å². The van der Waals surface area contributed by atoms with E-state index in [1.165, 1.54) is 4.88 Å². The number of hydrogen-bond acceptors (Lipinski definition) is 5. The van der Waals surface area contributed by atoms with Crippen LogP contribution in [0.15, 0.2) is 24.0 Å². The molecule has 5 nitrogen and oxygen atoms in total.